The molecule has 2 amide bonds. The number of sulfonamides is 1. The monoisotopic (exact) mass is 395 g/mol. The normalized spacial score (nSPS) is 15.3. The van der Waals surface area contributed by atoms with E-state index in [0.29, 0.717) is 12.1 Å². The number of hydrogen-bond acceptors (Lipinski definition) is 4. The highest BCUT2D eigenvalue weighted by atomic mass is 32.2. The van der Waals surface area contributed by atoms with Gasteiger partial charge in [-0.1, -0.05) is 32.3 Å². The molecule has 0 aromatic heterocycles. The molecule has 1 aromatic rings. The van der Waals surface area contributed by atoms with E-state index in [4.69, 9.17) is 0 Å². The Balaban J connectivity index is 2.07. The molecular formula is C19H29N3O4S. The van der Waals surface area contributed by atoms with Gasteiger partial charge < -0.3 is 10.6 Å². The zero-order chi connectivity index (χ0) is 19.9. The van der Waals surface area contributed by atoms with Gasteiger partial charge in [0.15, 0.2) is 0 Å². The van der Waals surface area contributed by atoms with Crippen molar-refractivity contribution in [2.45, 2.75) is 63.3 Å². The molecular weight excluding hydrogens is 366 g/mol. The van der Waals surface area contributed by atoms with Gasteiger partial charge in [0.1, 0.15) is 0 Å². The van der Waals surface area contributed by atoms with Crippen LogP contribution in [0.1, 0.15) is 61.4 Å². The third-order valence-electron chi connectivity index (χ3n) is 4.67. The van der Waals surface area contributed by atoms with Crippen molar-refractivity contribution in [2.75, 3.05) is 13.1 Å². The van der Waals surface area contributed by atoms with Crippen LogP contribution in [0, 0.1) is 6.92 Å². The zero-order valence-electron chi connectivity index (χ0n) is 16.0. The molecule has 3 N–H and O–H groups in total. The average Bonchev–Trinajstić information content (AvgIpc) is 2.65. The first-order chi connectivity index (χ1) is 12.8. The van der Waals surface area contributed by atoms with E-state index < -0.39 is 15.9 Å². The second kappa shape index (κ2) is 9.85. The van der Waals surface area contributed by atoms with Crippen LogP contribution >= 0.6 is 0 Å². The number of carbonyl (C=O) groups excluding carboxylic acids is 2. The van der Waals surface area contributed by atoms with Crippen molar-refractivity contribution in [3.8, 4) is 0 Å². The van der Waals surface area contributed by atoms with Gasteiger partial charge >= 0.3 is 0 Å². The fraction of sp³-hybridized carbons (Fsp3) is 0.579. The van der Waals surface area contributed by atoms with E-state index >= 15 is 0 Å². The molecule has 1 aromatic carbocycles. The summed E-state index contributed by atoms with van der Waals surface area (Å²) in [4.78, 5) is 24.1. The first-order valence-electron chi connectivity index (χ1n) is 9.51. The molecule has 1 aliphatic carbocycles. The predicted molar refractivity (Wildman–Crippen MR) is 104 cm³/mol. The Labute approximate surface area is 161 Å². The van der Waals surface area contributed by atoms with Gasteiger partial charge in [-0.25, -0.2) is 13.1 Å². The molecule has 0 spiro atoms. The molecule has 27 heavy (non-hydrogen) atoms. The van der Waals surface area contributed by atoms with E-state index in [1.165, 1.54) is 12.1 Å². The summed E-state index contributed by atoms with van der Waals surface area (Å²) in [5, 5.41) is 5.22. The number of aryl methyl sites for hydroxylation is 1. The molecule has 1 aliphatic rings. The minimum Gasteiger partial charge on any atom is -0.355 e. The second-order valence-electron chi connectivity index (χ2n) is 6.97. The molecule has 0 aliphatic heterocycles. The predicted octanol–water partition coefficient (Wildman–Crippen LogP) is 1.86. The lowest BCUT2D eigenvalue weighted by Gasteiger charge is -2.22. The van der Waals surface area contributed by atoms with Gasteiger partial charge in [0.05, 0.1) is 11.4 Å². The zero-order valence-corrected chi connectivity index (χ0v) is 16.8. The Morgan fingerprint density at radius 2 is 1.81 bits per heavy atom. The van der Waals surface area contributed by atoms with Crippen LogP contribution in [0.15, 0.2) is 23.1 Å². The molecule has 8 heteroatoms. The number of amides is 2. The summed E-state index contributed by atoms with van der Waals surface area (Å²) in [6.45, 7) is 4.08. The van der Waals surface area contributed by atoms with Crippen molar-refractivity contribution >= 4 is 21.8 Å². The smallest absolute Gasteiger partial charge is 0.252 e. The summed E-state index contributed by atoms with van der Waals surface area (Å²) in [6.07, 6.45) is 5.67. The van der Waals surface area contributed by atoms with E-state index in [1.54, 1.807) is 13.0 Å². The summed E-state index contributed by atoms with van der Waals surface area (Å²) in [6, 6.07) is 4.44. The van der Waals surface area contributed by atoms with Gasteiger partial charge in [-0.05, 0) is 43.9 Å². The quantitative estimate of drug-likeness (QED) is 0.625. The van der Waals surface area contributed by atoms with Crippen LogP contribution in [0.25, 0.3) is 0 Å². The van der Waals surface area contributed by atoms with Crippen LogP contribution in [0.4, 0.5) is 0 Å². The van der Waals surface area contributed by atoms with E-state index in [1.807, 2.05) is 6.92 Å². The van der Waals surface area contributed by atoms with Crippen LogP contribution in [0.3, 0.4) is 0 Å². The summed E-state index contributed by atoms with van der Waals surface area (Å²) >= 11 is 0. The van der Waals surface area contributed by atoms with E-state index in [0.717, 1.165) is 38.5 Å². The molecule has 0 heterocycles. The number of rotatable bonds is 8. The van der Waals surface area contributed by atoms with Crippen molar-refractivity contribution in [1.29, 1.82) is 0 Å². The molecule has 2 rings (SSSR count). The maximum Gasteiger partial charge on any atom is 0.252 e. The lowest BCUT2D eigenvalue weighted by molar-refractivity contribution is -0.120. The van der Waals surface area contributed by atoms with Crippen LogP contribution in [-0.4, -0.2) is 39.4 Å². The molecule has 0 atom stereocenters. The van der Waals surface area contributed by atoms with Crippen LogP contribution < -0.4 is 15.4 Å². The number of hydrogen-bond donors (Lipinski definition) is 3. The fourth-order valence-electron chi connectivity index (χ4n) is 3.10. The minimum absolute atomic E-state index is 0.0513. The lowest BCUT2D eigenvalue weighted by atomic mass is 9.96. The summed E-state index contributed by atoms with van der Waals surface area (Å²) < 4.78 is 28.1. The van der Waals surface area contributed by atoms with Crippen LogP contribution in [0.5, 0.6) is 0 Å². The largest absolute Gasteiger partial charge is 0.355 e. The first kappa shape index (κ1) is 21.4. The topological polar surface area (TPSA) is 104 Å². The maximum atomic E-state index is 12.7. The Morgan fingerprint density at radius 3 is 2.48 bits per heavy atom. The average molecular weight is 396 g/mol. The van der Waals surface area contributed by atoms with E-state index in [9.17, 15) is 18.0 Å². The van der Waals surface area contributed by atoms with Gasteiger partial charge in [0.25, 0.3) is 5.91 Å². The van der Waals surface area contributed by atoms with Crippen LogP contribution in [-0.2, 0) is 14.8 Å². The maximum absolute atomic E-state index is 12.7. The Hall–Kier alpha value is -1.93. The summed E-state index contributed by atoms with van der Waals surface area (Å²) in [5.74, 6) is -0.737. The van der Waals surface area contributed by atoms with Gasteiger partial charge in [-0.15, -0.1) is 0 Å². The standard InChI is InChI=1S/C19H29N3O4S/c1-3-11-20-18(23)13-21-19(24)17-12-16(10-9-14(17)2)27(25,26)22-15-7-5-4-6-8-15/h9-10,12,15,22H,3-8,11,13H2,1-2H3,(H,20,23)(H,21,24). The fourth-order valence-corrected chi connectivity index (χ4v) is 4.43. The highest BCUT2D eigenvalue weighted by Gasteiger charge is 2.23. The van der Waals surface area contributed by atoms with Gasteiger partial charge in [0, 0.05) is 18.2 Å². The van der Waals surface area contributed by atoms with Gasteiger partial charge in [-0.3, -0.25) is 9.59 Å². The molecule has 0 saturated heterocycles. The third kappa shape index (κ3) is 6.32. The van der Waals surface area contributed by atoms with Crippen molar-refractivity contribution < 1.29 is 18.0 Å². The highest BCUT2D eigenvalue weighted by molar-refractivity contribution is 7.89. The molecule has 0 bridgehead atoms. The van der Waals surface area contributed by atoms with Gasteiger partial charge in [-0.2, -0.15) is 0 Å². The lowest BCUT2D eigenvalue weighted by Crippen LogP contribution is -2.38. The Kier molecular flexibility index (Phi) is 7.79. The molecule has 150 valence electrons. The minimum atomic E-state index is -3.69. The number of nitrogens with one attached hydrogen (secondary N) is 3. The second-order valence-corrected chi connectivity index (χ2v) is 8.68. The molecule has 7 nitrogen and oxygen atoms in total. The molecule has 0 unspecified atom stereocenters. The van der Waals surface area contributed by atoms with Gasteiger partial charge in [0.2, 0.25) is 15.9 Å². The summed E-state index contributed by atoms with van der Waals surface area (Å²) in [7, 11) is -3.69. The van der Waals surface area contributed by atoms with Crippen LogP contribution in [0.2, 0.25) is 0 Å². The number of carbonyl (C=O) groups is 2. The SMILES string of the molecule is CCCNC(=O)CNC(=O)c1cc(S(=O)(=O)NC2CCCCC2)ccc1C. The molecule has 1 saturated carbocycles. The summed E-state index contributed by atoms with van der Waals surface area (Å²) in [5.41, 5.74) is 0.905. The van der Waals surface area contributed by atoms with E-state index in [-0.39, 0.29) is 29.0 Å². The number of benzene rings is 1. The third-order valence-corrected chi connectivity index (χ3v) is 6.19. The Morgan fingerprint density at radius 1 is 1.11 bits per heavy atom. The molecule has 0 radical (unpaired) electrons. The Bertz CT molecular complexity index is 771. The first-order valence-corrected chi connectivity index (χ1v) is 11.0. The van der Waals surface area contributed by atoms with Crippen molar-refractivity contribution in [2.24, 2.45) is 0 Å². The van der Waals surface area contributed by atoms with Crippen molar-refractivity contribution in [3.63, 3.8) is 0 Å². The van der Waals surface area contributed by atoms with Crippen molar-refractivity contribution in [1.82, 2.24) is 15.4 Å². The van der Waals surface area contributed by atoms with Crippen molar-refractivity contribution in [3.05, 3.63) is 29.3 Å². The molecule has 1 fully saturated rings. The highest BCUT2D eigenvalue weighted by Crippen LogP contribution is 2.21. The van der Waals surface area contributed by atoms with E-state index in [2.05, 4.69) is 15.4 Å².